The Balaban J connectivity index is 1.36. The van der Waals surface area contributed by atoms with E-state index in [0.717, 1.165) is 18.8 Å². The quantitative estimate of drug-likeness (QED) is 0.582. The number of urea groups is 1. The molecule has 1 saturated heterocycles. The van der Waals surface area contributed by atoms with E-state index in [4.69, 9.17) is 0 Å². The molecule has 0 bridgehead atoms. The van der Waals surface area contributed by atoms with Crippen LogP contribution in [0.1, 0.15) is 19.3 Å². The summed E-state index contributed by atoms with van der Waals surface area (Å²) in [6.45, 7) is 2.24. The molecule has 2 amide bonds. The lowest BCUT2D eigenvalue weighted by atomic mass is 10.1. The van der Waals surface area contributed by atoms with E-state index in [0.29, 0.717) is 17.5 Å². The molecule has 0 saturated carbocycles. The maximum atomic E-state index is 12.1. The van der Waals surface area contributed by atoms with E-state index < -0.39 is 0 Å². The Bertz CT molecular complexity index is 939. The molecule has 1 aliphatic heterocycles. The van der Waals surface area contributed by atoms with Crippen LogP contribution in [0.5, 0.6) is 0 Å². The number of benzene rings is 2. The van der Waals surface area contributed by atoms with Gasteiger partial charge in [0.15, 0.2) is 0 Å². The molecule has 0 aliphatic carbocycles. The van der Waals surface area contributed by atoms with Gasteiger partial charge in [0.1, 0.15) is 5.82 Å². The van der Waals surface area contributed by atoms with Gasteiger partial charge in [-0.1, -0.05) is 18.2 Å². The molecule has 29 heavy (non-hydrogen) atoms. The molecule has 7 heteroatoms. The second-order valence-electron chi connectivity index (χ2n) is 6.93. The minimum atomic E-state index is -0.355. The summed E-state index contributed by atoms with van der Waals surface area (Å²) in [6, 6.07) is 18.8. The molecule has 1 fully saturated rings. The molecular formula is C22H24N6O. The molecule has 0 spiro atoms. The van der Waals surface area contributed by atoms with Crippen LogP contribution in [0.15, 0.2) is 66.9 Å². The zero-order valence-electron chi connectivity index (χ0n) is 16.1. The summed E-state index contributed by atoms with van der Waals surface area (Å²) < 4.78 is 0. The van der Waals surface area contributed by atoms with E-state index in [9.17, 15) is 4.79 Å². The average Bonchev–Trinajstić information content (AvgIpc) is 2.76. The van der Waals surface area contributed by atoms with Crippen molar-refractivity contribution in [3.05, 3.63) is 66.9 Å². The van der Waals surface area contributed by atoms with Gasteiger partial charge in [-0.15, -0.1) is 0 Å². The number of anilines is 5. The normalized spacial score (nSPS) is 13.6. The third-order valence-corrected chi connectivity index (χ3v) is 4.77. The van der Waals surface area contributed by atoms with Crippen LogP contribution in [0.25, 0.3) is 0 Å². The minimum Gasteiger partial charge on any atom is -0.372 e. The minimum absolute atomic E-state index is 0.355. The van der Waals surface area contributed by atoms with Crippen molar-refractivity contribution in [3.63, 3.8) is 0 Å². The highest BCUT2D eigenvalue weighted by molar-refractivity contribution is 5.99. The monoisotopic (exact) mass is 388 g/mol. The number of hydrogen-bond acceptors (Lipinski definition) is 5. The molecule has 7 nitrogen and oxygen atoms in total. The number of amides is 2. The predicted molar refractivity (Wildman–Crippen MR) is 117 cm³/mol. The number of nitrogens with zero attached hydrogens (tertiary/aromatic N) is 3. The first kappa shape index (κ1) is 18.7. The van der Waals surface area contributed by atoms with Gasteiger partial charge in [0.25, 0.3) is 0 Å². The molecule has 148 valence electrons. The molecule has 1 aromatic heterocycles. The van der Waals surface area contributed by atoms with E-state index in [1.165, 1.54) is 24.9 Å². The average molecular weight is 388 g/mol. The number of rotatable bonds is 5. The van der Waals surface area contributed by atoms with Gasteiger partial charge in [-0.2, -0.15) is 4.98 Å². The molecule has 2 aromatic carbocycles. The fourth-order valence-corrected chi connectivity index (χ4v) is 3.33. The molecular weight excluding hydrogens is 364 g/mol. The lowest BCUT2D eigenvalue weighted by molar-refractivity contribution is 0.262. The molecule has 4 rings (SSSR count). The number of nitrogens with one attached hydrogen (secondary N) is 3. The summed E-state index contributed by atoms with van der Waals surface area (Å²) in [7, 11) is 0. The highest BCUT2D eigenvalue weighted by Crippen LogP contribution is 2.23. The van der Waals surface area contributed by atoms with Gasteiger partial charge >= 0.3 is 6.03 Å². The Kier molecular flexibility index (Phi) is 5.85. The number of piperidine rings is 1. The van der Waals surface area contributed by atoms with Crippen LogP contribution in [-0.4, -0.2) is 29.1 Å². The summed E-state index contributed by atoms with van der Waals surface area (Å²) in [5, 5.41) is 8.67. The zero-order chi connectivity index (χ0) is 19.9. The number of carbonyl (C=O) groups excluding carboxylic acids is 1. The van der Waals surface area contributed by atoms with Crippen LogP contribution >= 0.6 is 0 Å². The summed E-state index contributed by atoms with van der Waals surface area (Å²) >= 11 is 0. The first-order valence-electron chi connectivity index (χ1n) is 9.84. The van der Waals surface area contributed by atoms with Gasteiger partial charge in [-0.05, 0) is 61.7 Å². The van der Waals surface area contributed by atoms with Gasteiger partial charge in [-0.3, -0.25) is 5.32 Å². The number of para-hydroxylation sites is 1. The topological polar surface area (TPSA) is 82.2 Å². The molecule has 1 aliphatic rings. The fraction of sp³-hybridized carbons (Fsp3) is 0.227. The Hall–Kier alpha value is -3.61. The van der Waals surface area contributed by atoms with Crippen molar-refractivity contribution < 1.29 is 4.79 Å². The maximum absolute atomic E-state index is 12.1. The molecule has 0 radical (unpaired) electrons. The summed E-state index contributed by atoms with van der Waals surface area (Å²) in [6.07, 6.45) is 5.44. The third kappa shape index (κ3) is 5.22. The maximum Gasteiger partial charge on any atom is 0.324 e. The van der Waals surface area contributed by atoms with Gasteiger partial charge in [0, 0.05) is 36.3 Å². The summed E-state index contributed by atoms with van der Waals surface area (Å²) in [5.41, 5.74) is 2.85. The van der Waals surface area contributed by atoms with Crippen molar-refractivity contribution in [1.29, 1.82) is 0 Å². The molecule has 0 unspecified atom stereocenters. The van der Waals surface area contributed by atoms with Crippen LogP contribution in [0.2, 0.25) is 0 Å². The van der Waals surface area contributed by atoms with Crippen molar-refractivity contribution in [3.8, 4) is 0 Å². The van der Waals surface area contributed by atoms with E-state index in [-0.39, 0.29) is 6.03 Å². The Morgan fingerprint density at radius 3 is 2.34 bits per heavy atom. The first-order chi connectivity index (χ1) is 14.3. The van der Waals surface area contributed by atoms with Crippen molar-refractivity contribution in [2.75, 3.05) is 33.9 Å². The second kappa shape index (κ2) is 9.05. The fourth-order valence-electron chi connectivity index (χ4n) is 3.33. The van der Waals surface area contributed by atoms with Crippen LogP contribution < -0.4 is 20.9 Å². The van der Waals surface area contributed by atoms with Gasteiger partial charge in [-0.25, -0.2) is 9.78 Å². The Morgan fingerprint density at radius 1 is 0.828 bits per heavy atom. The van der Waals surface area contributed by atoms with Crippen LogP contribution in [-0.2, 0) is 0 Å². The number of hydrogen-bond donors (Lipinski definition) is 3. The SMILES string of the molecule is O=C(Nc1ccccc1)Nc1ccnc(Nc2ccc(N3CCCCC3)cc2)n1. The standard InChI is InChI=1S/C22H24N6O/c29-22(25-17-7-3-1-4-8-17)27-20-13-14-23-21(26-20)24-18-9-11-19(12-10-18)28-15-5-2-6-16-28/h1,3-4,7-14H,2,5-6,15-16H2,(H3,23,24,25,26,27,29). The van der Waals surface area contributed by atoms with E-state index >= 15 is 0 Å². The molecule has 0 atom stereocenters. The second-order valence-corrected chi connectivity index (χ2v) is 6.93. The van der Waals surface area contributed by atoms with Gasteiger partial charge < -0.3 is 15.5 Å². The van der Waals surface area contributed by atoms with Crippen LogP contribution in [0.3, 0.4) is 0 Å². The van der Waals surface area contributed by atoms with E-state index in [2.05, 4.69) is 43.0 Å². The first-order valence-corrected chi connectivity index (χ1v) is 9.84. The molecule has 3 N–H and O–H groups in total. The van der Waals surface area contributed by atoms with Crippen molar-refractivity contribution in [2.45, 2.75) is 19.3 Å². The van der Waals surface area contributed by atoms with Crippen molar-refractivity contribution >= 4 is 34.9 Å². The molecule has 2 heterocycles. The largest absolute Gasteiger partial charge is 0.372 e. The predicted octanol–water partition coefficient (Wildman–Crippen LogP) is 4.85. The van der Waals surface area contributed by atoms with Crippen LogP contribution in [0.4, 0.5) is 33.6 Å². The third-order valence-electron chi connectivity index (χ3n) is 4.77. The number of aromatic nitrogens is 2. The Morgan fingerprint density at radius 2 is 1.59 bits per heavy atom. The van der Waals surface area contributed by atoms with Gasteiger partial charge in [0.05, 0.1) is 0 Å². The highest BCUT2D eigenvalue weighted by Gasteiger charge is 2.11. The van der Waals surface area contributed by atoms with Crippen LogP contribution in [0, 0.1) is 0 Å². The number of carbonyl (C=O) groups is 1. The van der Waals surface area contributed by atoms with Crippen molar-refractivity contribution in [2.24, 2.45) is 0 Å². The lowest BCUT2D eigenvalue weighted by Crippen LogP contribution is -2.29. The van der Waals surface area contributed by atoms with E-state index in [1.54, 1.807) is 12.3 Å². The smallest absolute Gasteiger partial charge is 0.324 e. The highest BCUT2D eigenvalue weighted by atomic mass is 16.2. The summed E-state index contributed by atoms with van der Waals surface area (Å²) in [4.78, 5) is 23.1. The van der Waals surface area contributed by atoms with Crippen molar-refractivity contribution in [1.82, 2.24) is 9.97 Å². The van der Waals surface area contributed by atoms with E-state index in [1.807, 2.05) is 42.5 Å². The lowest BCUT2D eigenvalue weighted by Gasteiger charge is -2.28. The summed E-state index contributed by atoms with van der Waals surface area (Å²) in [5.74, 6) is 0.842. The Labute approximate surface area is 170 Å². The van der Waals surface area contributed by atoms with Gasteiger partial charge in [0.2, 0.25) is 5.95 Å². The molecule has 3 aromatic rings. The zero-order valence-corrected chi connectivity index (χ0v) is 16.1.